The van der Waals surface area contributed by atoms with E-state index in [4.69, 9.17) is 4.74 Å². The standard InChI is InChI=1S/C21H23N5O5S/c27-20(31-17-5-1-2-6-17)14-25-32(29,30)18-7-8-19(23-13-18)26-21(28)16(12-24-26)10-15-4-3-9-22-11-15/h3-4,7-9,11-13,17,24-25H,1-2,5-6,10,14H2. The lowest BCUT2D eigenvalue weighted by atomic mass is 10.1. The van der Waals surface area contributed by atoms with E-state index in [1.807, 2.05) is 6.07 Å². The van der Waals surface area contributed by atoms with E-state index in [1.54, 1.807) is 24.7 Å². The third kappa shape index (κ3) is 5.11. The van der Waals surface area contributed by atoms with Crippen molar-refractivity contribution in [3.8, 4) is 5.82 Å². The van der Waals surface area contributed by atoms with Crippen LogP contribution in [0.2, 0.25) is 0 Å². The fraction of sp³-hybridized carbons (Fsp3) is 0.333. The molecule has 2 N–H and O–H groups in total. The second kappa shape index (κ2) is 9.45. The number of carbonyl (C=O) groups is 1. The monoisotopic (exact) mass is 457 g/mol. The minimum Gasteiger partial charge on any atom is -0.461 e. The molecule has 4 rings (SSSR count). The van der Waals surface area contributed by atoms with Crippen LogP contribution in [-0.2, 0) is 26.0 Å². The Hall–Kier alpha value is -3.31. The van der Waals surface area contributed by atoms with E-state index in [-0.39, 0.29) is 22.4 Å². The van der Waals surface area contributed by atoms with Gasteiger partial charge in [0, 0.05) is 36.8 Å². The zero-order valence-electron chi connectivity index (χ0n) is 17.2. The molecule has 1 aliphatic rings. The van der Waals surface area contributed by atoms with E-state index in [0.29, 0.717) is 12.0 Å². The Kier molecular flexibility index (Phi) is 6.47. The SMILES string of the molecule is O=C(CNS(=O)(=O)c1ccc(-n2[nH]cc(Cc3cccnc3)c2=O)nc1)OC1CCCC1. The van der Waals surface area contributed by atoms with Gasteiger partial charge in [0.2, 0.25) is 10.0 Å². The van der Waals surface area contributed by atoms with Gasteiger partial charge in [-0.2, -0.15) is 4.72 Å². The lowest BCUT2D eigenvalue weighted by molar-refractivity contribution is -0.147. The van der Waals surface area contributed by atoms with Crippen LogP contribution >= 0.6 is 0 Å². The summed E-state index contributed by atoms with van der Waals surface area (Å²) in [5.41, 5.74) is 1.13. The maximum atomic E-state index is 12.7. The predicted octanol–water partition coefficient (Wildman–Crippen LogP) is 1.31. The van der Waals surface area contributed by atoms with E-state index in [1.165, 1.54) is 16.8 Å². The molecule has 0 radical (unpaired) electrons. The van der Waals surface area contributed by atoms with Gasteiger partial charge in [0.1, 0.15) is 17.5 Å². The molecule has 1 saturated carbocycles. The number of nitrogens with zero attached hydrogens (tertiary/aromatic N) is 3. The number of esters is 1. The Morgan fingerprint density at radius 1 is 1.22 bits per heavy atom. The number of rotatable bonds is 8. The van der Waals surface area contributed by atoms with Crippen molar-refractivity contribution in [1.82, 2.24) is 24.5 Å². The van der Waals surface area contributed by atoms with Crippen molar-refractivity contribution in [2.24, 2.45) is 0 Å². The molecule has 0 amide bonds. The van der Waals surface area contributed by atoms with Gasteiger partial charge in [0.05, 0.1) is 0 Å². The van der Waals surface area contributed by atoms with Gasteiger partial charge < -0.3 is 4.74 Å². The highest BCUT2D eigenvalue weighted by atomic mass is 32.2. The highest BCUT2D eigenvalue weighted by molar-refractivity contribution is 7.89. The second-order valence-corrected chi connectivity index (χ2v) is 9.32. The van der Waals surface area contributed by atoms with E-state index in [9.17, 15) is 18.0 Å². The topological polar surface area (TPSA) is 136 Å². The fourth-order valence-corrected chi connectivity index (χ4v) is 4.47. The van der Waals surface area contributed by atoms with Gasteiger partial charge in [-0.25, -0.2) is 18.1 Å². The first-order valence-corrected chi connectivity index (χ1v) is 11.7. The summed E-state index contributed by atoms with van der Waals surface area (Å²) in [6.45, 7) is -0.450. The molecule has 0 bridgehead atoms. The number of aromatic nitrogens is 4. The molecule has 0 atom stereocenters. The molecule has 3 heterocycles. The van der Waals surface area contributed by atoms with Crippen molar-refractivity contribution < 1.29 is 17.9 Å². The number of sulfonamides is 1. The smallest absolute Gasteiger partial charge is 0.321 e. The molecular formula is C21H23N5O5S. The molecule has 168 valence electrons. The Balaban J connectivity index is 1.41. The van der Waals surface area contributed by atoms with Crippen LogP contribution in [0.5, 0.6) is 0 Å². The fourth-order valence-electron chi connectivity index (χ4n) is 3.56. The van der Waals surface area contributed by atoms with Gasteiger partial charge in [-0.1, -0.05) is 6.07 Å². The largest absolute Gasteiger partial charge is 0.461 e. The molecule has 1 aliphatic carbocycles. The molecule has 11 heteroatoms. The second-order valence-electron chi connectivity index (χ2n) is 7.55. The van der Waals surface area contributed by atoms with Crippen LogP contribution in [0, 0.1) is 0 Å². The number of nitrogens with one attached hydrogen (secondary N) is 2. The molecule has 0 spiro atoms. The normalized spacial score (nSPS) is 14.5. The van der Waals surface area contributed by atoms with Gasteiger partial charge in [-0.15, -0.1) is 0 Å². The predicted molar refractivity (Wildman–Crippen MR) is 115 cm³/mol. The Labute approximate surface area is 184 Å². The van der Waals surface area contributed by atoms with E-state index in [2.05, 4.69) is 19.8 Å². The maximum absolute atomic E-state index is 12.7. The number of carbonyl (C=O) groups excluding carboxylic acids is 1. The molecule has 10 nitrogen and oxygen atoms in total. The number of aromatic amines is 1. The average Bonchev–Trinajstić information content (AvgIpc) is 3.43. The minimum absolute atomic E-state index is 0.120. The quantitative estimate of drug-likeness (QED) is 0.487. The maximum Gasteiger partial charge on any atom is 0.321 e. The third-order valence-corrected chi connectivity index (χ3v) is 6.62. The number of hydrogen-bond acceptors (Lipinski definition) is 7. The number of H-pyrrole nitrogens is 1. The van der Waals surface area contributed by atoms with Crippen molar-refractivity contribution in [1.29, 1.82) is 0 Å². The van der Waals surface area contributed by atoms with Gasteiger partial charge in [-0.3, -0.25) is 19.7 Å². The van der Waals surface area contributed by atoms with E-state index in [0.717, 1.165) is 37.4 Å². The molecule has 32 heavy (non-hydrogen) atoms. The minimum atomic E-state index is -3.95. The Morgan fingerprint density at radius 3 is 2.72 bits per heavy atom. The summed E-state index contributed by atoms with van der Waals surface area (Å²) in [6.07, 6.45) is 9.98. The molecule has 3 aromatic rings. The van der Waals surface area contributed by atoms with Gasteiger partial charge in [0.25, 0.3) is 5.56 Å². The summed E-state index contributed by atoms with van der Waals surface area (Å²) in [5, 5.41) is 2.84. The number of ether oxygens (including phenoxy) is 1. The number of pyridine rings is 2. The van der Waals surface area contributed by atoms with E-state index >= 15 is 0 Å². The van der Waals surface area contributed by atoms with Crippen molar-refractivity contribution in [3.05, 3.63) is 70.5 Å². The van der Waals surface area contributed by atoms with Crippen LogP contribution in [0.1, 0.15) is 36.8 Å². The lowest BCUT2D eigenvalue weighted by Gasteiger charge is -2.12. The zero-order valence-corrected chi connectivity index (χ0v) is 18.0. The molecule has 3 aromatic heterocycles. The van der Waals surface area contributed by atoms with Crippen LogP contribution in [0.15, 0.2) is 58.7 Å². The summed E-state index contributed by atoms with van der Waals surface area (Å²) < 4.78 is 33.6. The molecule has 0 aliphatic heterocycles. The Bertz CT molecular complexity index is 1230. The van der Waals surface area contributed by atoms with Crippen LogP contribution in [0.25, 0.3) is 5.82 Å². The highest BCUT2D eigenvalue weighted by Gasteiger charge is 2.22. The molecule has 0 aromatic carbocycles. The Morgan fingerprint density at radius 2 is 2.03 bits per heavy atom. The van der Waals surface area contributed by atoms with Crippen molar-refractivity contribution in [3.63, 3.8) is 0 Å². The van der Waals surface area contributed by atoms with Crippen LogP contribution in [0.4, 0.5) is 0 Å². The molecule has 0 unspecified atom stereocenters. The summed E-state index contributed by atoms with van der Waals surface area (Å²) in [4.78, 5) is 32.5. The van der Waals surface area contributed by atoms with Gasteiger partial charge in [0.15, 0.2) is 5.82 Å². The zero-order chi connectivity index (χ0) is 22.6. The summed E-state index contributed by atoms with van der Waals surface area (Å²) in [6, 6.07) is 6.40. The van der Waals surface area contributed by atoms with E-state index < -0.39 is 22.5 Å². The average molecular weight is 458 g/mol. The third-order valence-electron chi connectivity index (χ3n) is 5.23. The number of hydrogen-bond donors (Lipinski definition) is 2. The van der Waals surface area contributed by atoms with Gasteiger partial charge >= 0.3 is 5.97 Å². The van der Waals surface area contributed by atoms with Crippen molar-refractivity contribution in [2.45, 2.75) is 43.1 Å². The first kappa shape index (κ1) is 21.9. The summed E-state index contributed by atoms with van der Waals surface area (Å²) >= 11 is 0. The van der Waals surface area contributed by atoms with Crippen LogP contribution < -0.4 is 10.3 Å². The summed E-state index contributed by atoms with van der Waals surface area (Å²) in [7, 11) is -3.95. The molecule has 1 fully saturated rings. The first-order chi connectivity index (χ1) is 15.4. The highest BCUT2D eigenvalue weighted by Crippen LogP contribution is 2.21. The molecule has 0 saturated heterocycles. The summed E-state index contributed by atoms with van der Waals surface area (Å²) in [5.74, 6) is -0.365. The van der Waals surface area contributed by atoms with Crippen molar-refractivity contribution >= 4 is 16.0 Å². The molecular weight excluding hydrogens is 434 g/mol. The van der Waals surface area contributed by atoms with Gasteiger partial charge in [-0.05, 0) is 49.4 Å². The first-order valence-electron chi connectivity index (χ1n) is 10.3. The van der Waals surface area contributed by atoms with Crippen molar-refractivity contribution in [2.75, 3.05) is 6.54 Å². The lowest BCUT2D eigenvalue weighted by Crippen LogP contribution is -2.32. The van der Waals surface area contributed by atoms with Crippen LogP contribution in [0.3, 0.4) is 0 Å². The van der Waals surface area contributed by atoms with Crippen LogP contribution in [-0.4, -0.2) is 46.8 Å².